The Hall–Kier alpha value is -0.730. The summed E-state index contributed by atoms with van der Waals surface area (Å²) >= 11 is 1.75. The van der Waals surface area contributed by atoms with Gasteiger partial charge in [-0.05, 0) is 31.4 Å². The highest BCUT2D eigenvalue weighted by Gasteiger charge is 2.47. The van der Waals surface area contributed by atoms with Crippen molar-refractivity contribution in [3.63, 3.8) is 0 Å². The third kappa shape index (κ3) is 2.75. The molecule has 0 aromatic carbocycles. The Labute approximate surface area is 118 Å². The van der Waals surface area contributed by atoms with Crippen molar-refractivity contribution in [3.05, 3.63) is 0 Å². The number of nitriles is 1. The number of amides is 1. The number of hydrogen-bond acceptors (Lipinski definition) is 4. The summed E-state index contributed by atoms with van der Waals surface area (Å²) in [6, 6.07) is 2.19. The Morgan fingerprint density at radius 1 is 1.47 bits per heavy atom. The zero-order chi connectivity index (χ0) is 13.9. The Bertz CT molecular complexity index is 387. The Morgan fingerprint density at radius 2 is 2.16 bits per heavy atom. The van der Waals surface area contributed by atoms with Gasteiger partial charge in [0.2, 0.25) is 5.91 Å². The van der Waals surface area contributed by atoms with Gasteiger partial charge in [-0.2, -0.15) is 17.0 Å². The predicted molar refractivity (Wildman–Crippen MR) is 75.6 cm³/mol. The number of carbonyl (C=O) groups is 1. The highest BCUT2D eigenvalue weighted by Crippen LogP contribution is 2.41. The Kier molecular flexibility index (Phi) is 4.42. The smallest absolute Gasteiger partial charge is 0.240 e. The number of thioether (sulfide) groups is 1. The number of hydrogen-bond donors (Lipinski definition) is 2. The lowest BCUT2D eigenvalue weighted by molar-refractivity contribution is -0.130. The van der Waals surface area contributed by atoms with E-state index < -0.39 is 11.0 Å². The van der Waals surface area contributed by atoms with Crippen molar-refractivity contribution in [2.45, 2.75) is 56.3 Å². The molecule has 2 N–H and O–H groups in total. The van der Waals surface area contributed by atoms with Gasteiger partial charge in [0.25, 0.3) is 0 Å². The van der Waals surface area contributed by atoms with Crippen LogP contribution in [0.4, 0.5) is 0 Å². The van der Waals surface area contributed by atoms with E-state index in [9.17, 15) is 15.2 Å². The molecule has 5 heteroatoms. The fourth-order valence-electron chi connectivity index (χ4n) is 3.01. The van der Waals surface area contributed by atoms with E-state index >= 15 is 0 Å². The summed E-state index contributed by atoms with van der Waals surface area (Å²) < 4.78 is 0. The first kappa shape index (κ1) is 14.7. The van der Waals surface area contributed by atoms with Crippen molar-refractivity contribution >= 4 is 17.7 Å². The normalized spacial score (nSPS) is 32.4. The van der Waals surface area contributed by atoms with Gasteiger partial charge in [0.15, 0.2) is 0 Å². The molecule has 19 heavy (non-hydrogen) atoms. The largest absolute Gasteiger partial charge is 0.387 e. The van der Waals surface area contributed by atoms with E-state index in [1.165, 1.54) is 0 Å². The van der Waals surface area contributed by atoms with Crippen LogP contribution in [0.2, 0.25) is 0 Å². The van der Waals surface area contributed by atoms with Gasteiger partial charge in [-0.3, -0.25) is 4.79 Å². The molecule has 0 radical (unpaired) electrons. The third-order valence-electron chi connectivity index (χ3n) is 4.47. The summed E-state index contributed by atoms with van der Waals surface area (Å²) in [5.74, 6) is 0.788. The van der Waals surface area contributed by atoms with Crippen LogP contribution in [-0.2, 0) is 4.79 Å². The molecule has 2 saturated carbocycles. The van der Waals surface area contributed by atoms with Gasteiger partial charge >= 0.3 is 0 Å². The van der Waals surface area contributed by atoms with Gasteiger partial charge in [-0.25, -0.2) is 0 Å². The van der Waals surface area contributed by atoms with Crippen LogP contribution in [0, 0.1) is 16.7 Å². The minimum atomic E-state index is -0.840. The van der Waals surface area contributed by atoms with Crippen LogP contribution in [0.15, 0.2) is 0 Å². The molecule has 1 amide bonds. The van der Waals surface area contributed by atoms with Gasteiger partial charge in [-0.15, -0.1) is 0 Å². The summed E-state index contributed by atoms with van der Waals surface area (Å²) in [5, 5.41) is 22.7. The second kappa shape index (κ2) is 5.72. The maximum Gasteiger partial charge on any atom is 0.240 e. The van der Waals surface area contributed by atoms with Gasteiger partial charge in [0.1, 0.15) is 5.41 Å². The van der Waals surface area contributed by atoms with Crippen LogP contribution in [0.5, 0.6) is 0 Å². The molecule has 2 atom stereocenters. The SMILES string of the molecule is CCS[C@@H]1CC[C@]1(O)CNC(=O)C1(C#N)CCCC1. The first-order valence-corrected chi connectivity index (χ1v) is 8.15. The lowest BCUT2D eigenvalue weighted by Crippen LogP contribution is -2.58. The van der Waals surface area contributed by atoms with Crippen molar-refractivity contribution in [1.82, 2.24) is 5.32 Å². The number of nitrogens with one attached hydrogen (secondary N) is 1. The molecule has 0 aliphatic heterocycles. The minimum Gasteiger partial charge on any atom is -0.387 e. The van der Waals surface area contributed by atoms with E-state index in [0.29, 0.717) is 12.8 Å². The number of carbonyl (C=O) groups excluding carboxylic acids is 1. The van der Waals surface area contributed by atoms with Crippen LogP contribution in [0.25, 0.3) is 0 Å². The zero-order valence-corrected chi connectivity index (χ0v) is 12.3. The lowest BCUT2D eigenvalue weighted by Gasteiger charge is -2.45. The third-order valence-corrected chi connectivity index (χ3v) is 5.88. The predicted octanol–water partition coefficient (Wildman–Crippen LogP) is 1.83. The highest BCUT2D eigenvalue weighted by atomic mass is 32.2. The molecule has 2 fully saturated rings. The number of rotatable bonds is 5. The first-order chi connectivity index (χ1) is 9.06. The quantitative estimate of drug-likeness (QED) is 0.807. The fraction of sp³-hybridized carbons (Fsp3) is 0.857. The van der Waals surface area contributed by atoms with E-state index in [1.807, 2.05) is 0 Å². The molecule has 2 rings (SSSR count). The monoisotopic (exact) mass is 282 g/mol. The molecule has 0 heterocycles. The van der Waals surface area contributed by atoms with Gasteiger partial charge < -0.3 is 10.4 Å². The number of nitrogens with zero attached hydrogens (tertiary/aromatic N) is 1. The lowest BCUT2D eigenvalue weighted by atomic mass is 9.79. The molecule has 0 spiro atoms. The molecule has 2 aliphatic carbocycles. The van der Waals surface area contributed by atoms with Gasteiger partial charge in [-0.1, -0.05) is 19.8 Å². The summed E-state index contributed by atoms with van der Waals surface area (Å²) in [5.41, 5.74) is -1.61. The molecule has 2 aliphatic rings. The van der Waals surface area contributed by atoms with Crippen LogP contribution in [-0.4, -0.2) is 34.2 Å². The van der Waals surface area contributed by atoms with Gasteiger partial charge in [0.05, 0.1) is 11.7 Å². The van der Waals surface area contributed by atoms with Crippen LogP contribution < -0.4 is 5.32 Å². The van der Waals surface area contributed by atoms with E-state index in [-0.39, 0.29) is 17.7 Å². The maximum absolute atomic E-state index is 12.2. The fourth-order valence-corrected chi connectivity index (χ4v) is 4.21. The summed E-state index contributed by atoms with van der Waals surface area (Å²) in [4.78, 5) is 12.2. The molecular formula is C14H22N2O2S. The van der Waals surface area contributed by atoms with E-state index in [0.717, 1.165) is 31.4 Å². The van der Waals surface area contributed by atoms with Crippen LogP contribution >= 0.6 is 11.8 Å². The van der Waals surface area contributed by atoms with Gasteiger partial charge in [0, 0.05) is 11.8 Å². The van der Waals surface area contributed by atoms with Crippen LogP contribution in [0.1, 0.15) is 45.4 Å². The topological polar surface area (TPSA) is 73.1 Å². The van der Waals surface area contributed by atoms with Crippen molar-refractivity contribution in [3.8, 4) is 6.07 Å². The van der Waals surface area contributed by atoms with E-state index in [4.69, 9.17) is 0 Å². The van der Waals surface area contributed by atoms with Crippen molar-refractivity contribution in [1.29, 1.82) is 5.26 Å². The molecule has 0 saturated heterocycles. The van der Waals surface area contributed by atoms with E-state index in [1.54, 1.807) is 11.8 Å². The number of aliphatic hydroxyl groups is 1. The maximum atomic E-state index is 12.2. The summed E-state index contributed by atoms with van der Waals surface area (Å²) in [6.07, 6.45) is 4.94. The van der Waals surface area contributed by atoms with Crippen molar-refractivity contribution in [2.24, 2.45) is 5.41 Å². The average Bonchev–Trinajstić information content (AvgIpc) is 2.90. The second-order valence-corrected chi connectivity index (χ2v) is 7.15. The molecule has 0 aromatic heterocycles. The molecule has 0 unspecified atom stereocenters. The van der Waals surface area contributed by atoms with E-state index in [2.05, 4.69) is 18.3 Å². The molecular weight excluding hydrogens is 260 g/mol. The molecule has 0 aromatic rings. The molecule has 4 nitrogen and oxygen atoms in total. The Balaban J connectivity index is 1.88. The summed E-state index contributed by atoms with van der Waals surface area (Å²) in [6.45, 7) is 2.36. The minimum absolute atomic E-state index is 0.187. The molecule has 106 valence electrons. The standard InChI is InChI=1S/C14H22N2O2S/c1-2-19-11-5-8-14(11,18)10-16-12(17)13(9-15)6-3-4-7-13/h11,18H,2-8,10H2,1H3,(H,16,17)/t11-,14+/m1/s1. The first-order valence-electron chi connectivity index (χ1n) is 7.10. The van der Waals surface area contributed by atoms with Crippen molar-refractivity contribution < 1.29 is 9.90 Å². The molecule has 0 bridgehead atoms. The zero-order valence-electron chi connectivity index (χ0n) is 11.4. The highest BCUT2D eigenvalue weighted by molar-refractivity contribution is 8.00. The average molecular weight is 282 g/mol. The van der Waals surface area contributed by atoms with Crippen LogP contribution in [0.3, 0.4) is 0 Å². The second-order valence-electron chi connectivity index (χ2n) is 5.67. The summed E-state index contributed by atoms with van der Waals surface area (Å²) in [7, 11) is 0. The Morgan fingerprint density at radius 3 is 2.63 bits per heavy atom. The van der Waals surface area contributed by atoms with Crippen molar-refractivity contribution in [2.75, 3.05) is 12.3 Å².